The van der Waals surface area contributed by atoms with Crippen molar-refractivity contribution in [1.29, 1.82) is 0 Å². The molecule has 1 saturated heterocycles. The number of hydrogen-bond donors (Lipinski definition) is 0. The van der Waals surface area contributed by atoms with Crippen LogP contribution in [0.3, 0.4) is 0 Å². The normalized spacial score (nSPS) is 15.8. The average Bonchev–Trinajstić information content (AvgIpc) is 3.39. The Morgan fingerprint density at radius 1 is 1.03 bits per heavy atom. The van der Waals surface area contributed by atoms with Gasteiger partial charge in [-0.15, -0.1) is 0 Å². The van der Waals surface area contributed by atoms with Crippen LogP contribution in [0, 0.1) is 0 Å². The second-order valence-electron chi connectivity index (χ2n) is 8.40. The van der Waals surface area contributed by atoms with Crippen LogP contribution in [-0.4, -0.2) is 58.4 Å². The zero-order chi connectivity index (χ0) is 23.4. The second kappa shape index (κ2) is 9.84. The summed E-state index contributed by atoms with van der Waals surface area (Å²) < 4.78 is 28.9. The molecule has 0 bridgehead atoms. The summed E-state index contributed by atoms with van der Waals surface area (Å²) in [5.74, 6) is -0.0329. The molecule has 2 aromatic carbocycles. The van der Waals surface area contributed by atoms with Crippen molar-refractivity contribution < 1.29 is 13.2 Å². The third kappa shape index (κ3) is 5.15. The molecule has 1 aromatic heterocycles. The third-order valence-corrected chi connectivity index (χ3v) is 8.18. The predicted molar refractivity (Wildman–Crippen MR) is 125 cm³/mol. The number of carbonyl (C=O) groups excluding carboxylic acids is 1. The lowest BCUT2D eigenvalue weighted by molar-refractivity contribution is -0.131. The van der Waals surface area contributed by atoms with Gasteiger partial charge in [-0.05, 0) is 55.2 Å². The van der Waals surface area contributed by atoms with Crippen LogP contribution in [0.25, 0.3) is 5.69 Å². The highest BCUT2D eigenvalue weighted by atomic mass is 32.2. The first kappa shape index (κ1) is 23.1. The number of nitrogens with zero attached hydrogens (tertiary/aromatic N) is 5. The molecule has 8 nitrogen and oxygen atoms in total. The largest absolute Gasteiger partial charge is 0.339 e. The van der Waals surface area contributed by atoms with E-state index in [0.29, 0.717) is 13.1 Å². The second-order valence-corrected chi connectivity index (χ2v) is 10.3. The number of piperidine rings is 1. The Bertz CT molecular complexity index is 1170. The quantitative estimate of drug-likeness (QED) is 0.532. The summed E-state index contributed by atoms with van der Waals surface area (Å²) >= 11 is 0. The van der Waals surface area contributed by atoms with E-state index in [-0.39, 0.29) is 23.3 Å². The van der Waals surface area contributed by atoms with Crippen LogP contribution in [-0.2, 0) is 21.2 Å². The summed E-state index contributed by atoms with van der Waals surface area (Å²) in [5, 5.41) is 4.12. The van der Waals surface area contributed by atoms with E-state index in [0.717, 1.165) is 36.1 Å². The fourth-order valence-electron chi connectivity index (χ4n) is 4.02. The first-order valence-corrected chi connectivity index (χ1v) is 12.6. The van der Waals surface area contributed by atoms with Crippen molar-refractivity contribution in [2.75, 3.05) is 20.1 Å². The highest BCUT2D eigenvalue weighted by Gasteiger charge is 2.26. The number of aromatic nitrogens is 3. The molecule has 1 atom stereocenters. The summed E-state index contributed by atoms with van der Waals surface area (Å²) in [6.07, 6.45) is 6.21. The van der Waals surface area contributed by atoms with E-state index < -0.39 is 10.0 Å². The number of carbonyl (C=O) groups is 1. The fourth-order valence-corrected chi connectivity index (χ4v) is 5.54. The van der Waals surface area contributed by atoms with Crippen LogP contribution >= 0.6 is 0 Å². The summed E-state index contributed by atoms with van der Waals surface area (Å²) in [5.41, 5.74) is 2.70. The van der Waals surface area contributed by atoms with Crippen molar-refractivity contribution in [3.05, 3.63) is 72.3 Å². The van der Waals surface area contributed by atoms with Gasteiger partial charge in [0.05, 0.1) is 23.0 Å². The highest BCUT2D eigenvalue weighted by Crippen LogP contribution is 2.23. The molecule has 1 aliphatic rings. The first-order chi connectivity index (χ1) is 15.9. The van der Waals surface area contributed by atoms with Crippen LogP contribution < -0.4 is 0 Å². The van der Waals surface area contributed by atoms with Crippen molar-refractivity contribution >= 4 is 15.9 Å². The molecule has 1 aliphatic heterocycles. The van der Waals surface area contributed by atoms with Gasteiger partial charge in [-0.25, -0.2) is 18.1 Å². The van der Waals surface area contributed by atoms with Crippen LogP contribution in [0.15, 0.2) is 66.1 Å². The summed E-state index contributed by atoms with van der Waals surface area (Å²) in [7, 11) is -1.68. The zero-order valence-electron chi connectivity index (χ0n) is 19.0. The van der Waals surface area contributed by atoms with Gasteiger partial charge in [0.25, 0.3) is 0 Å². The zero-order valence-corrected chi connectivity index (χ0v) is 19.8. The lowest BCUT2D eigenvalue weighted by atomic mass is 10.1. The molecule has 3 aromatic rings. The lowest BCUT2D eigenvalue weighted by Gasteiger charge is -2.26. The average molecular weight is 468 g/mol. The molecule has 0 saturated carbocycles. The van der Waals surface area contributed by atoms with Gasteiger partial charge in [0.1, 0.15) is 12.7 Å². The maximum Gasteiger partial charge on any atom is 0.243 e. The van der Waals surface area contributed by atoms with Crippen molar-refractivity contribution in [2.24, 2.45) is 0 Å². The van der Waals surface area contributed by atoms with E-state index in [1.54, 1.807) is 51.5 Å². The van der Waals surface area contributed by atoms with Crippen LogP contribution in [0.2, 0.25) is 0 Å². The minimum absolute atomic E-state index is 0.0329. The first-order valence-electron chi connectivity index (χ1n) is 11.2. The fraction of sp³-hybridized carbons (Fsp3) is 0.375. The Kier molecular flexibility index (Phi) is 6.90. The molecule has 1 unspecified atom stereocenters. The van der Waals surface area contributed by atoms with Gasteiger partial charge < -0.3 is 4.90 Å². The molecular formula is C24H29N5O3S. The maximum absolute atomic E-state index is 12.9. The van der Waals surface area contributed by atoms with Crippen LogP contribution in [0.1, 0.15) is 43.4 Å². The predicted octanol–water partition coefficient (Wildman–Crippen LogP) is 3.20. The Labute approximate surface area is 194 Å². The molecule has 1 fully saturated rings. The lowest BCUT2D eigenvalue weighted by Crippen LogP contribution is -2.35. The standard InChI is InChI=1S/C24H29N5O3S/c1-19(21-8-10-22(11-9-21)29-18-25-17-26-29)27(2)24(30)16-20-6-12-23(13-7-20)33(31,32)28-14-4-3-5-15-28/h6-13,17-19H,3-5,14-16H2,1-2H3. The number of sulfonamides is 1. The molecule has 0 radical (unpaired) electrons. The molecular weight excluding hydrogens is 438 g/mol. The van der Waals surface area contributed by atoms with E-state index in [1.165, 1.54) is 6.33 Å². The Morgan fingerprint density at radius 3 is 2.30 bits per heavy atom. The van der Waals surface area contributed by atoms with Crippen molar-refractivity contribution in [1.82, 2.24) is 24.0 Å². The molecule has 1 amide bonds. The maximum atomic E-state index is 12.9. The number of benzene rings is 2. The molecule has 0 aliphatic carbocycles. The smallest absolute Gasteiger partial charge is 0.243 e. The third-order valence-electron chi connectivity index (χ3n) is 6.26. The molecule has 174 valence electrons. The van der Waals surface area contributed by atoms with Gasteiger partial charge in [0.15, 0.2) is 0 Å². The topological polar surface area (TPSA) is 88.4 Å². The molecule has 0 N–H and O–H groups in total. The Hall–Kier alpha value is -3.04. The summed E-state index contributed by atoms with van der Waals surface area (Å²) in [6, 6.07) is 14.4. The van der Waals surface area contributed by atoms with E-state index in [4.69, 9.17) is 0 Å². The van der Waals surface area contributed by atoms with Crippen LogP contribution in [0.4, 0.5) is 0 Å². The number of amides is 1. The highest BCUT2D eigenvalue weighted by molar-refractivity contribution is 7.89. The van der Waals surface area contributed by atoms with Gasteiger partial charge in [-0.3, -0.25) is 4.79 Å². The van der Waals surface area contributed by atoms with Crippen molar-refractivity contribution in [3.63, 3.8) is 0 Å². The van der Waals surface area contributed by atoms with E-state index in [9.17, 15) is 13.2 Å². The Balaban J connectivity index is 1.39. The monoisotopic (exact) mass is 467 g/mol. The van der Waals surface area contributed by atoms with Crippen LogP contribution in [0.5, 0.6) is 0 Å². The minimum atomic E-state index is -3.47. The molecule has 33 heavy (non-hydrogen) atoms. The molecule has 0 spiro atoms. The van der Waals surface area contributed by atoms with Crippen molar-refractivity contribution in [3.8, 4) is 5.69 Å². The summed E-state index contributed by atoms with van der Waals surface area (Å²) in [6.45, 7) is 3.13. The van der Waals surface area contributed by atoms with Gasteiger partial charge >= 0.3 is 0 Å². The van der Waals surface area contributed by atoms with Gasteiger partial charge in [0, 0.05) is 20.1 Å². The Morgan fingerprint density at radius 2 is 1.70 bits per heavy atom. The molecule has 9 heteroatoms. The summed E-state index contributed by atoms with van der Waals surface area (Å²) in [4.78, 5) is 18.8. The van der Waals surface area contributed by atoms with Gasteiger partial charge in [-0.2, -0.15) is 9.40 Å². The SMILES string of the molecule is CC(c1ccc(-n2cncn2)cc1)N(C)C(=O)Cc1ccc(S(=O)(=O)N2CCCCC2)cc1. The molecule has 2 heterocycles. The number of rotatable bonds is 7. The minimum Gasteiger partial charge on any atom is -0.339 e. The van der Waals surface area contributed by atoms with Gasteiger partial charge in [0.2, 0.25) is 15.9 Å². The van der Waals surface area contributed by atoms with Gasteiger partial charge in [-0.1, -0.05) is 30.7 Å². The molecule has 4 rings (SSSR count). The van der Waals surface area contributed by atoms with E-state index >= 15 is 0 Å². The van der Waals surface area contributed by atoms with E-state index in [1.807, 2.05) is 31.2 Å². The number of hydrogen-bond acceptors (Lipinski definition) is 5. The van der Waals surface area contributed by atoms with E-state index in [2.05, 4.69) is 10.1 Å². The number of likely N-dealkylation sites (N-methyl/N-ethyl adjacent to an activating group) is 1. The van der Waals surface area contributed by atoms with Crippen molar-refractivity contribution in [2.45, 2.75) is 43.5 Å².